The standard InChI is InChI=1S/C28H30F3N5O3/c1-15-10-25-24(14-23(15)18-6-8-19(9-7-18)27(37)35(4)5)26(34-17(3)33-25)32-16(2)20-11-21(28(29,30)31)13-22(12-20)36(38)39/h6,10-14,16,19H,7-9H2,1-5H3,(H,32,33,34)/t16-,19?/m1/s1. The van der Waals surface area contributed by atoms with Gasteiger partial charge in [-0.3, -0.25) is 14.9 Å². The Morgan fingerprint density at radius 3 is 2.46 bits per heavy atom. The highest BCUT2D eigenvalue weighted by Crippen LogP contribution is 2.37. The molecule has 1 aliphatic carbocycles. The van der Waals surface area contributed by atoms with Crippen LogP contribution in [-0.4, -0.2) is 39.8 Å². The molecule has 39 heavy (non-hydrogen) atoms. The van der Waals surface area contributed by atoms with Gasteiger partial charge in [-0.1, -0.05) is 6.08 Å². The van der Waals surface area contributed by atoms with Crippen molar-refractivity contribution in [3.63, 3.8) is 0 Å². The van der Waals surface area contributed by atoms with E-state index in [1.165, 1.54) is 0 Å². The lowest BCUT2D eigenvalue weighted by atomic mass is 9.84. The fourth-order valence-corrected chi connectivity index (χ4v) is 4.96. The number of hydrogen-bond donors (Lipinski definition) is 1. The highest BCUT2D eigenvalue weighted by atomic mass is 19.4. The molecule has 1 N–H and O–H groups in total. The molecule has 2 atom stereocenters. The zero-order valence-electron chi connectivity index (χ0n) is 22.4. The van der Waals surface area contributed by atoms with Gasteiger partial charge < -0.3 is 10.2 Å². The van der Waals surface area contributed by atoms with Crippen molar-refractivity contribution in [1.82, 2.24) is 14.9 Å². The monoisotopic (exact) mass is 541 g/mol. The Morgan fingerprint density at radius 1 is 1.15 bits per heavy atom. The van der Waals surface area contributed by atoms with Gasteiger partial charge in [-0.2, -0.15) is 13.2 Å². The van der Waals surface area contributed by atoms with Gasteiger partial charge in [-0.25, -0.2) is 9.97 Å². The quantitative estimate of drug-likeness (QED) is 0.278. The Balaban J connectivity index is 1.72. The number of nitrogens with one attached hydrogen (secondary N) is 1. The number of non-ortho nitro benzene ring substituents is 1. The third kappa shape index (κ3) is 6.02. The summed E-state index contributed by atoms with van der Waals surface area (Å²) in [7, 11) is 3.51. The van der Waals surface area contributed by atoms with Crippen molar-refractivity contribution in [1.29, 1.82) is 0 Å². The number of fused-ring (bicyclic) bond motifs is 1. The van der Waals surface area contributed by atoms with Crippen molar-refractivity contribution in [2.24, 2.45) is 5.92 Å². The second-order valence-corrected chi connectivity index (χ2v) is 10.2. The van der Waals surface area contributed by atoms with E-state index in [2.05, 4.69) is 21.4 Å². The lowest BCUT2D eigenvalue weighted by molar-refractivity contribution is -0.385. The predicted molar refractivity (Wildman–Crippen MR) is 143 cm³/mol. The summed E-state index contributed by atoms with van der Waals surface area (Å²) in [5.74, 6) is 0.953. The third-order valence-corrected chi connectivity index (χ3v) is 7.03. The van der Waals surface area contributed by atoms with Crippen molar-refractivity contribution in [3.05, 3.63) is 74.6 Å². The molecule has 2 aromatic carbocycles. The van der Waals surface area contributed by atoms with Crippen LogP contribution in [0.5, 0.6) is 0 Å². The number of benzene rings is 2. The van der Waals surface area contributed by atoms with Crippen LogP contribution >= 0.6 is 0 Å². The van der Waals surface area contributed by atoms with E-state index in [0.717, 1.165) is 41.7 Å². The Kier molecular flexibility index (Phi) is 7.63. The number of nitro benzene ring substituents is 1. The minimum Gasteiger partial charge on any atom is -0.363 e. The molecular formula is C28H30F3N5O3. The number of alkyl halides is 3. The van der Waals surface area contributed by atoms with Gasteiger partial charge in [0, 0.05) is 37.5 Å². The Labute approximate surface area is 224 Å². The van der Waals surface area contributed by atoms with E-state index in [4.69, 9.17) is 0 Å². The van der Waals surface area contributed by atoms with Crippen LogP contribution in [0.15, 0.2) is 36.4 Å². The number of allylic oxidation sites excluding steroid dienone is 2. The largest absolute Gasteiger partial charge is 0.416 e. The van der Waals surface area contributed by atoms with Crippen LogP contribution in [0.25, 0.3) is 16.5 Å². The van der Waals surface area contributed by atoms with Crippen LogP contribution < -0.4 is 5.32 Å². The van der Waals surface area contributed by atoms with Crippen LogP contribution in [0.4, 0.5) is 24.7 Å². The molecule has 0 radical (unpaired) electrons. The summed E-state index contributed by atoms with van der Waals surface area (Å²) in [6.07, 6.45) is -0.520. The van der Waals surface area contributed by atoms with E-state index in [1.807, 2.05) is 19.1 Å². The smallest absolute Gasteiger partial charge is 0.363 e. The number of halogens is 3. The number of carbonyl (C=O) groups is 1. The molecule has 0 spiro atoms. The van der Waals surface area contributed by atoms with E-state index < -0.39 is 28.4 Å². The molecule has 0 bridgehead atoms. The van der Waals surface area contributed by atoms with Crippen LogP contribution in [0.2, 0.25) is 0 Å². The van der Waals surface area contributed by atoms with Crippen LogP contribution in [0, 0.1) is 29.9 Å². The topological polar surface area (TPSA) is 101 Å². The summed E-state index contributed by atoms with van der Waals surface area (Å²) in [5, 5.41) is 15.2. The molecule has 1 heterocycles. The number of aromatic nitrogens is 2. The van der Waals surface area contributed by atoms with Gasteiger partial charge in [0.2, 0.25) is 5.91 Å². The van der Waals surface area contributed by atoms with Crippen LogP contribution in [-0.2, 0) is 11.0 Å². The molecule has 1 amide bonds. The zero-order valence-corrected chi connectivity index (χ0v) is 22.4. The minimum absolute atomic E-state index is 0.0508. The van der Waals surface area contributed by atoms with Crippen molar-refractivity contribution in [2.45, 2.75) is 52.3 Å². The zero-order chi connectivity index (χ0) is 28.6. The summed E-state index contributed by atoms with van der Waals surface area (Å²) in [6.45, 7) is 5.34. The predicted octanol–water partition coefficient (Wildman–Crippen LogP) is 6.62. The van der Waals surface area contributed by atoms with E-state index in [9.17, 15) is 28.1 Å². The van der Waals surface area contributed by atoms with E-state index in [0.29, 0.717) is 35.0 Å². The number of nitrogens with zero attached hydrogens (tertiary/aromatic N) is 4. The van der Waals surface area contributed by atoms with E-state index in [1.54, 1.807) is 32.8 Å². The Bertz CT molecular complexity index is 1480. The second-order valence-electron chi connectivity index (χ2n) is 10.2. The van der Waals surface area contributed by atoms with Gasteiger partial charge in [0.1, 0.15) is 11.6 Å². The highest BCUT2D eigenvalue weighted by molar-refractivity contribution is 5.93. The summed E-state index contributed by atoms with van der Waals surface area (Å²) in [5.41, 5.74) is 2.19. The fraction of sp³-hybridized carbons (Fsp3) is 0.393. The minimum atomic E-state index is -4.73. The molecular weight excluding hydrogens is 511 g/mol. The average Bonchev–Trinajstić information content (AvgIpc) is 2.87. The number of amides is 1. The van der Waals surface area contributed by atoms with Gasteiger partial charge in [0.05, 0.1) is 22.0 Å². The first-order valence-corrected chi connectivity index (χ1v) is 12.6. The molecule has 3 aromatic rings. The normalized spacial score (nSPS) is 16.5. The molecule has 0 saturated carbocycles. The summed E-state index contributed by atoms with van der Waals surface area (Å²) >= 11 is 0. The van der Waals surface area contributed by atoms with Gasteiger partial charge in [0.15, 0.2) is 0 Å². The second kappa shape index (κ2) is 10.6. The van der Waals surface area contributed by atoms with Crippen LogP contribution in [0.1, 0.15) is 60.3 Å². The van der Waals surface area contributed by atoms with Crippen molar-refractivity contribution in [2.75, 3.05) is 19.4 Å². The maximum atomic E-state index is 13.4. The molecule has 4 rings (SSSR count). The van der Waals surface area contributed by atoms with Crippen molar-refractivity contribution < 1.29 is 22.9 Å². The number of nitro groups is 1. The molecule has 11 heteroatoms. The Hall–Kier alpha value is -4.02. The maximum absolute atomic E-state index is 13.4. The summed E-state index contributed by atoms with van der Waals surface area (Å²) < 4.78 is 40.3. The summed E-state index contributed by atoms with van der Waals surface area (Å²) in [6, 6.07) is 5.77. The first-order chi connectivity index (χ1) is 18.2. The maximum Gasteiger partial charge on any atom is 0.416 e. The molecule has 1 aliphatic rings. The molecule has 1 aromatic heterocycles. The van der Waals surface area contributed by atoms with Gasteiger partial charge in [0.25, 0.3) is 5.69 Å². The number of rotatable bonds is 6. The number of anilines is 1. The molecule has 0 aliphatic heterocycles. The lowest BCUT2D eigenvalue weighted by Gasteiger charge is -2.25. The Morgan fingerprint density at radius 2 is 1.87 bits per heavy atom. The summed E-state index contributed by atoms with van der Waals surface area (Å²) in [4.78, 5) is 33.5. The molecule has 8 nitrogen and oxygen atoms in total. The SMILES string of the molecule is Cc1nc(N[C@H](C)c2cc([N+](=O)[O-])cc(C(F)(F)F)c2)c2cc(C3=CCC(C(=O)N(C)C)CC3)c(C)cc2n1. The number of aryl methyl sites for hydroxylation is 2. The highest BCUT2D eigenvalue weighted by Gasteiger charge is 2.33. The molecule has 0 fully saturated rings. The molecule has 1 unspecified atom stereocenters. The molecule has 0 saturated heterocycles. The fourth-order valence-electron chi connectivity index (χ4n) is 4.96. The first-order valence-electron chi connectivity index (χ1n) is 12.6. The van der Waals surface area contributed by atoms with Gasteiger partial charge in [-0.05, 0) is 80.5 Å². The first kappa shape index (κ1) is 28.0. The third-order valence-electron chi connectivity index (χ3n) is 7.03. The van der Waals surface area contributed by atoms with E-state index in [-0.39, 0.29) is 17.4 Å². The van der Waals surface area contributed by atoms with Crippen molar-refractivity contribution >= 4 is 33.9 Å². The van der Waals surface area contributed by atoms with Gasteiger partial charge in [-0.15, -0.1) is 0 Å². The van der Waals surface area contributed by atoms with Crippen LogP contribution in [0.3, 0.4) is 0 Å². The van der Waals surface area contributed by atoms with Crippen molar-refractivity contribution in [3.8, 4) is 0 Å². The molecule has 206 valence electrons. The lowest BCUT2D eigenvalue weighted by Crippen LogP contribution is -2.30. The number of hydrogen-bond acceptors (Lipinski definition) is 6. The average molecular weight is 542 g/mol. The van der Waals surface area contributed by atoms with E-state index >= 15 is 0 Å². The van der Waals surface area contributed by atoms with Gasteiger partial charge >= 0.3 is 6.18 Å². The number of carbonyl (C=O) groups excluding carboxylic acids is 1.